The van der Waals surface area contributed by atoms with E-state index in [1.165, 1.54) is 25.7 Å². The molecule has 3 heterocycles. The summed E-state index contributed by atoms with van der Waals surface area (Å²) in [5, 5.41) is 97.4. The fourth-order valence-corrected chi connectivity index (χ4v) is 9.34. The Bertz CT molecular complexity index is 1980. The van der Waals surface area contributed by atoms with Gasteiger partial charge in [-0.05, 0) is 39.0 Å². The third-order valence-electron chi connectivity index (χ3n) is 12.8. The molecule has 3 rings (SSSR count). The summed E-state index contributed by atoms with van der Waals surface area (Å²) in [5.41, 5.74) is 0. The second-order valence-electron chi connectivity index (χ2n) is 19.4. The normalized spacial score (nSPS) is 31.1. The molecule has 3 saturated heterocycles. The number of aliphatic hydroxyl groups is 8. The molecule has 0 bridgehead atoms. The van der Waals surface area contributed by atoms with Crippen molar-refractivity contribution < 1.29 is 120 Å². The zero-order chi connectivity index (χ0) is 58.3. The van der Waals surface area contributed by atoms with Crippen molar-refractivity contribution in [3.8, 4) is 0 Å². The van der Waals surface area contributed by atoms with Gasteiger partial charge in [0, 0.05) is 34.1 Å². The first-order valence-electron chi connectivity index (χ1n) is 26.2. The lowest BCUT2D eigenvalue weighted by molar-refractivity contribution is -0.358. The second kappa shape index (κ2) is 34.6. The largest absolute Gasteiger partial charge is 0.463 e. The van der Waals surface area contributed by atoms with Crippen LogP contribution in [0, 0.1) is 0 Å². The summed E-state index contributed by atoms with van der Waals surface area (Å²) in [4.78, 5) is 62.0. The predicted molar refractivity (Wildman–Crippen MR) is 267 cm³/mol. The van der Waals surface area contributed by atoms with Crippen molar-refractivity contribution in [2.45, 2.75) is 235 Å². The van der Waals surface area contributed by atoms with Gasteiger partial charge in [-0.1, -0.05) is 57.6 Å². The lowest BCUT2D eigenvalue weighted by atomic mass is 9.93. The molecule has 0 radical (unpaired) electrons. The Hall–Kier alpha value is -3.64. The highest BCUT2D eigenvalue weighted by Crippen LogP contribution is 2.34. The van der Waals surface area contributed by atoms with Gasteiger partial charge in [-0.2, -0.15) is 8.42 Å². The summed E-state index contributed by atoms with van der Waals surface area (Å²) < 4.78 is 83.8. The number of nitrogens with one attached hydrogen (secondary N) is 4. The van der Waals surface area contributed by atoms with Crippen LogP contribution in [0.5, 0.6) is 0 Å². The van der Waals surface area contributed by atoms with E-state index in [4.69, 9.17) is 37.9 Å². The molecule has 452 valence electrons. The molecular weight excluding hydrogens is 1060 g/mol. The van der Waals surface area contributed by atoms with Crippen molar-refractivity contribution in [3.05, 3.63) is 12.2 Å². The van der Waals surface area contributed by atoms with Crippen molar-refractivity contribution in [2.75, 3.05) is 26.4 Å². The van der Waals surface area contributed by atoms with E-state index in [-0.39, 0.29) is 6.42 Å². The number of allylic oxidation sites excluding steroid dienone is 2. The van der Waals surface area contributed by atoms with Crippen LogP contribution in [0.4, 0.5) is 0 Å². The zero-order valence-corrected chi connectivity index (χ0v) is 45.7. The van der Waals surface area contributed by atoms with E-state index in [2.05, 4.69) is 44.5 Å². The van der Waals surface area contributed by atoms with Gasteiger partial charge in [0.2, 0.25) is 29.9 Å². The van der Waals surface area contributed by atoms with Gasteiger partial charge in [-0.15, -0.1) is 0 Å². The van der Waals surface area contributed by atoms with Gasteiger partial charge in [0.25, 0.3) is 0 Å². The first kappa shape index (κ1) is 68.6. The molecular formula is C48H84N4O25S. The van der Waals surface area contributed by atoms with Crippen LogP contribution in [0.25, 0.3) is 0 Å². The van der Waals surface area contributed by atoms with Crippen molar-refractivity contribution in [1.29, 1.82) is 0 Å². The Morgan fingerprint density at radius 3 is 1.62 bits per heavy atom. The van der Waals surface area contributed by atoms with Crippen LogP contribution in [0.3, 0.4) is 0 Å². The van der Waals surface area contributed by atoms with E-state index in [1.807, 2.05) is 0 Å². The summed E-state index contributed by atoms with van der Waals surface area (Å²) in [6.07, 6.45) is -12.4. The van der Waals surface area contributed by atoms with Crippen LogP contribution in [-0.4, -0.2) is 227 Å². The molecule has 3 aliphatic rings. The van der Waals surface area contributed by atoms with Crippen LogP contribution < -0.4 is 21.3 Å². The molecule has 30 heteroatoms. The van der Waals surface area contributed by atoms with E-state index >= 15 is 0 Å². The van der Waals surface area contributed by atoms with Crippen LogP contribution in [-0.2, 0) is 76.4 Å². The molecule has 0 aromatic heterocycles. The number of hydrogen-bond donors (Lipinski definition) is 13. The van der Waals surface area contributed by atoms with Gasteiger partial charge in [-0.25, -0.2) is 4.18 Å². The van der Waals surface area contributed by atoms with Gasteiger partial charge in [0.15, 0.2) is 25.2 Å². The summed E-state index contributed by atoms with van der Waals surface area (Å²) in [6, 6.07) is -6.54. The molecule has 78 heavy (non-hydrogen) atoms. The molecule has 0 aliphatic carbocycles. The Balaban J connectivity index is 1.84. The van der Waals surface area contributed by atoms with Gasteiger partial charge >= 0.3 is 16.4 Å². The number of hydrogen-bond acceptors (Lipinski definition) is 24. The number of ether oxygens (including phenoxy) is 8. The Morgan fingerprint density at radius 2 is 1.13 bits per heavy atom. The standard InChI is InChI=1S/C48H84N4O25S/c1-7-8-9-10-11-12-13-14-15-16-17-18-19-20-34(60)52-35-39(62)38(61)33(24-69-29(6)59)73-47(35)74-43-32(23-55)72-48(37(41(43)64)51-28(5)58)75-42-31(22-54)71-46(36(40(42)63)50-27(4)57)70-25(2)45(77-78(66,67)68)76-44(65)30(21-53)49-26(3)56/h12-13,25,30-33,35-48,53-55,61-65H,7-11,14-24H2,1-6H3,(H,49,56)(H,50,57)(H,51,58)(H,52,60)(H,66,67,68)/b13-12-/t25-,30-,31?,32?,33?,35?,36?,37?,38?,39?,40?,41?,42?,43?,44?,45?,46?,47?,48?/m0/s1. The number of aliphatic hydroxyl groups excluding tert-OH is 8. The predicted octanol–water partition coefficient (Wildman–Crippen LogP) is -2.94. The highest BCUT2D eigenvalue weighted by atomic mass is 32.3. The molecule has 0 aromatic rings. The Labute approximate surface area is 453 Å². The van der Waals surface area contributed by atoms with Crippen LogP contribution in [0.1, 0.15) is 119 Å². The number of esters is 1. The molecule has 0 saturated carbocycles. The summed E-state index contributed by atoms with van der Waals surface area (Å²) in [6.45, 7) is 3.91. The maximum atomic E-state index is 13.4. The highest BCUT2D eigenvalue weighted by Gasteiger charge is 2.55. The summed E-state index contributed by atoms with van der Waals surface area (Å²) in [5.74, 6) is -3.69. The summed E-state index contributed by atoms with van der Waals surface area (Å²) in [7, 11) is -5.40. The third kappa shape index (κ3) is 22.7. The minimum Gasteiger partial charge on any atom is -0.463 e. The smallest absolute Gasteiger partial charge is 0.399 e. The molecule has 3 fully saturated rings. The number of rotatable bonds is 34. The molecule has 13 N–H and O–H groups in total. The van der Waals surface area contributed by atoms with Crippen molar-refractivity contribution in [2.24, 2.45) is 0 Å². The quantitative estimate of drug-likeness (QED) is 0.0101. The van der Waals surface area contributed by atoms with Crippen LogP contribution >= 0.6 is 0 Å². The zero-order valence-electron chi connectivity index (χ0n) is 44.9. The van der Waals surface area contributed by atoms with Crippen molar-refractivity contribution >= 4 is 40.0 Å². The molecule has 19 atom stereocenters. The van der Waals surface area contributed by atoms with E-state index in [9.17, 15) is 77.8 Å². The van der Waals surface area contributed by atoms with Crippen molar-refractivity contribution in [1.82, 2.24) is 21.3 Å². The molecule has 29 nitrogen and oxygen atoms in total. The molecule has 4 amide bonds. The minimum atomic E-state index is -5.40. The van der Waals surface area contributed by atoms with Gasteiger partial charge in [0.1, 0.15) is 91.8 Å². The SMILES string of the molecule is CCCCCC/C=C\CCCCCCCC(=O)NC1C(OC2C(CO)OC(OC3C(CO)OC(O[C@@H](C)C(OC(O)[C@H](CO)NC(C)=O)OS(=O)(=O)O)C(NC(C)=O)C3O)C(NC(C)=O)C2O)OC(COC(C)=O)C(O)C1O. The average molecular weight is 1150 g/mol. The van der Waals surface area contributed by atoms with Crippen LogP contribution in [0.2, 0.25) is 0 Å². The molecule has 3 aliphatic heterocycles. The molecule has 0 spiro atoms. The van der Waals surface area contributed by atoms with Crippen LogP contribution in [0.15, 0.2) is 12.2 Å². The van der Waals surface area contributed by atoms with E-state index in [0.717, 1.165) is 73.1 Å². The topological polar surface area (TPSA) is 433 Å². The van der Waals surface area contributed by atoms with E-state index in [1.54, 1.807) is 0 Å². The highest BCUT2D eigenvalue weighted by molar-refractivity contribution is 7.80. The van der Waals surface area contributed by atoms with Crippen molar-refractivity contribution in [3.63, 3.8) is 0 Å². The fraction of sp³-hybridized carbons (Fsp3) is 0.854. The summed E-state index contributed by atoms with van der Waals surface area (Å²) >= 11 is 0. The average Bonchev–Trinajstić information content (AvgIpc) is 3.36. The maximum Gasteiger partial charge on any atom is 0.399 e. The van der Waals surface area contributed by atoms with Gasteiger partial charge < -0.3 is 100 Å². The number of amides is 4. The molecule has 0 aromatic carbocycles. The lowest BCUT2D eigenvalue weighted by Gasteiger charge is -2.50. The monoisotopic (exact) mass is 1150 g/mol. The third-order valence-corrected chi connectivity index (χ3v) is 13.3. The van der Waals surface area contributed by atoms with Gasteiger partial charge in [-0.3, -0.25) is 28.5 Å². The maximum absolute atomic E-state index is 13.4. The minimum absolute atomic E-state index is 0.00726. The second-order valence-corrected chi connectivity index (χ2v) is 20.4. The Morgan fingerprint density at radius 1 is 0.641 bits per heavy atom. The number of carbonyl (C=O) groups is 5. The van der Waals surface area contributed by atoms with Gasteiger partial charge in [0.05, 0.1) is 19.8 Å². The first-order chi connectivity index (χ1) is 36.8. The Kier molecular flexibility index (Phi) is 30.4. The fourth-order valence-electron chi connectivity index (χ4n) is 8.90. The number of unbranched alkanes of at least 4 members (excludes halogenated alkanes) is 9. The van der Waals surface area contributed by atoms with E-state index < -0.39 is 183 Å². The molecule has 17 unspecified atom stereocenters. The lowest BCUT2D eigenvalue weighted by Crippen LogP contribution is -2.71. The number of carbonyl (C=O) groups excluding carboxylic acids is 5. The van der Waals surface area contributed by atoms with E-state index in [0.29, 0.717) is 6.42 Å². The first-order valence-corrected chi connectivity index (χ1v) is 27.6.